The number of aliphatic hydroxyl groups is 2. The summed E-state index contributed by atoms with van der Waals surface area (Å²) in [4.78, 5) is 3.96. The van der Waals surface area contributed by atoms with E-state index in [-0.39, 0.29) is 13.2 Å². The standard InChI is InChI=1S/C8H12N2O2/c1-5-8(9)7(4-12)6(3-11)2-10-5/h2,11-12H,3-4,9H2,1H3. The molecule has 1 aromatic heterocycles. The molecule has 0 aliphatic carbocycles. The molecule has 0 bridgehead atoms. The number of anilines is 1. The van der Waals surface area contributed by atoms with E-state index in [0.29, 0.717) is 22.5 Å². The van der Waals surface area contributed by atoms with E-state index < -0.39 is 0 Å². The van der Waals surface area contributed by atoms with E-state index in [9.17, 15) is 0 Å². The molecule has 1 heterocycles. The van der Waals surface area contributed by atoms with Gasteiger partial charge in [0.15, 0.2) is 0 Å². The minimum Gasteiger partial charge on any atom is -0.397 e. The van der Waals surface area contributed by atoms with E-state index in [2.05, 4.69) is 4.98 Å². The van der Waals surface area contributed by atoms with Crippen molar-refractivity contribution in [2.45, 2.75) is 20.1 Å². The first kappa shape index (κ1) is 8.96. The number of hydrogen-bond acceptors (Lipinski definition) is 4. The van der Waals surface area contributed by atoms with Crippen LogP contribution >= 0.6 is 0 Å². The molecule has 1 rings (SSSR count). The topological polar surface area (TPSA) is 79.4 Å². The van der Waals surface area contributed by atoms with Crippen molar-refractivity contribution >= 4 is 5.69 Å². The van der Waals surface area contributed by atoms with Crippen LogP contribution < -0.4 is 5.73 Å². The first-order chi connectivity index (χ1) is 5.70. The Labute approximate surface area is 70.7 Å². The highest BCUT2D eigenvalue weighted by Crippen LogP contribution is 2.18. The molecule has 0 aliphatic rings. The number of nitrogens with two attached hydrogens (primary N) is 1. The lowest BCUT2D eigenvalue weighted by atomic mass is 10.1. The van der Waals surface area contributed by atoms with Crippen molar-refractivity contribution < 1.29 is 10.2 Å². The van der Waals surface area contributed by atoms with E-state index in [4.69, 9.17) is 15.9 Å². The molecule has 0 saturated heterocycles. The molecule has 4 nitrogen and oxygen atoms in total. The molecular weight excluding hydrogens is 156 g/mol. The van der Waals surface area contributed by atoms with Crippen LogP contribution in [0, 0.1) is 6.92 Å². The van der Waals surface area contributed by atoms with Crippen LogP contribution in [0.3, 0.4) is 0 Å². The summed E-state index contributed by atoms with van der Waals surface area (Å²) in [6, 6.07) is 0. The molecular formula is C8H12N2O2. The van der Waals surface area contributed by atoms with E-state index >= 15 is 0 Å². The molecule has 4 heteroatoms. The number of pyridine rings is 1. The maximum Gasteiger partial charge on any atom is 0.0706 e. The van der Waals surface area contributed by atoms with Gasteiger partial charge in [-0.05, 0) is 6.92 Å². The minimum absolute atomic E-state index is 0.145. The summed E-state index contributed by atoms with van der Waals surface area (Å²) in [7, 11) is 0. The highest BCUT2D eigenvalue weighted by molar-refractivity contribution is 5.52. The third-order valence-electron chi connectivity index (χ3n) is 1.85. The van der Waals surface area contributed by atoms with Gasteiger partial charge in [0.2, 0.25) is 0 Å². The van der Waals surface area contributed by atoms with Gasteiger partial charge in [0.1, 0.15) is 0 Å². The van der Waals surface area contributed by atoms with Crippen molar-refractivity contribution in [2.24, 2.45) is 0 Å². The van der Waals surface area contributed by atoms with Crippen LogP contribution in [-0.2, 0) is 13.2 Å². The molecule has 0 fully saturated rings. The van der Waals surface area contributed by atoms with Gasteiger partial charge in [-0.3, -0.25) is 4.98 Å². The lowest BCUT2D eigenvalue weighted by molar-refractivity contribution is 0.260. The fourth-order valence-corrected chi connectivity index (χ4v) is 1.04. The van der Waals surface area contributed by atoms with Gasteiger partial charge in [0.25, 0.3) is 0 Å². The number of aromatic nitrogens is 1. The maximum absolute atomic E-state index is 8.94. The number of rotatable bonds is 2. The van der Waals surface area contributed by atoms with Gasteiger partial charge in [0.05, 0.1) is 24.6 Å². The SMILES string of the molecule is Cc1ncc(CO)c(CO)c1N. The Balaban J connectivity index is 3.25. The van der Waals surface area contributed by atoms with Crippen LogP contribution in [0.15, 0.2) is 6.20 Å². The highest BCUT2D eigenvalue weighted by Gasteiger charge is 2.07. The van der Waals surface area contributed by atoms with Crippen molar-refractivity contribution in [1.82, 2.24) is 4.98 Å². The van der Waals surface area contributed by atoms with Crippen molar-refractivity contribution in [2.75, 3.05) is 5.73 Å². The molecule has 0 spiro atoms. The second-order valence-corrected chi connectivity index (χ2v) is 2.58. The summed E-state index contributed by atoms with van der Waals surface area (Å²) in [6.07, 6.45) is 1.53. The van der Waals surface area contributed by atoms with Crippen LogP contribution in [0.1, 0.15) is 16.8 Å². The van der Waals surface area contributed by atoms with Gasteiger partial charge in [-0.1, -0.05) is 0 Å². The van der Waals surface area contributed by atoms with Crippen molar-refractivity contribution in [3.8, 4) is 0 Å². The predicted molar refractivity (Wildman–Crippen MR) is 45.2 cm³/mol. The van der Waals surface area contributed by atoms with E-state index in [0.717, 1.165) is 0 Å². The molecule has 0 saturated carbocycles. The van der Waals surface area contributed by atoms with Gasteiger partial charge in [-0.2, -0.15) is 0 Å². The van der Waals surface area contributed by atoms with Crippen LogP contribution in [0.25, 0.3) is 0 Å². The van der Waals surface area contributed by atoms with E-state index in [1.807, 2.05) is 0 Å². The van der Waals surface area contributed by atoms with Crippen LogP contribution in [0.2, 0.25) is 0 Å². The van der Waals surface area contributed by atoms with Gasteiger partial charge in [-0.15, -0.1) is 0 Å². The molecule has 1 aromatic rings. The molecule has 66 valence electrons. The maximum atomic E-state index is 8.94. The Morgan fingerprint density at radius 1 is 1.42 bits per heavy atom. The van der Waals surface area contributed by atoms with Gasteiger partial charge in [-0.25, -0.2) is 0 Å². The van der Waals surface area contributed by atoms with Crippen LogP contribution in [-0.4, -0.2) is 15.2 Å². The Morgan fingerprint density at radius 2 is 2.08 bits per heavy atom. The third-order valence-corrected chi connectivity index (χ3v) is 1.85. The zero-order valence-corrected chi connectivity index (χ0v) is 6.91. The third kappa shape index (κ3) is 1.39. The number of nitrogen functional groups attached to an aromatic ring is 1. The largest absolute Gasteiger partial charge is 0.397 e. The zero-order chi connectivity index (χ0) is 9.14. The lowest BCUT2D eigenvalue weighted by Crippen LogP contribution is -2.04. The molecule has 0 aliphatic heterocycles. The van der Waals surface area contributed by atoms with E-state index in [1.54, 1.807) is 6.92 Å². The van der Waals surface area contributed by atoms with Crippen molar-refractivity contribution in [3.63, 3.8) is 0 Å². The fourth-order valence-electron chi connectivity index (χ4n) is 1.04. The summed E-state index contributed by atoms with van der Waals surface area (Å²) in [5.41, 5.74) is 7.93. The molecule has 12 heavy (non-hydrogen) atoms. The van der Waals surface area contributed by atoms with Crippen LogP contribution in [0.5, 0.6) is 0 Å². The summed E-state index contributed by atoms with van der Waals surface area (Å²) < 4.78 is 0. The molecule has 4 N–H and O–H groups in total. The Morgan fingerprint density at radius 3 is 2.58 bits per heavy atom. The Hall–Kier alpha value is -1.13. The molecule has 0 radical (unpaired) electrons. The number of aryl methyl sites for hydroxylation is 1. The van der Waals surface area contributed by atoms with Crippen LogP contribution in [0.4, 0.5) is 5.69 Å². The Bertz CT molecular complexity index is 287. The number of aliphatic hydroxyl groups excluding tert-OH is 2. The average Bonchev–Trinajstić information content (AvgIpc) is 2.09. The first-order valence-electron chi connectivity index (χ1n) is 3.65. The second kappa shape index (κ2) is 3.51. The quantitative estimate of drug-likeness (QED) is 0.578. The zero-order valence-electron chi connectivity index (χ0n) is 6.91. The molecule has 0 atom stereocenters. The highest BCUT2D eigenvalue weighted by atomic mass is 16.3. The molecule has 0 unspecified atom stereocenters. The molecule has 0 aromatic carbocycles. The predicted octanol–water partition coefficient (Wildman–Crippen LogP) is -0.0432. The summed E-state index contributed by atoms with van der Waals surface area (Å²) >= 11 is 0. The summed E-state index contributed by atoms with van der Waals surface area (Å²) in [5.74, 6) is 0. The number of hydrogen-bond donors (Lipinski definition) is 3. The van der Waals surface area contributed by atoms with Gasteiger partial charge >= 0.3 is 0 Å². The minimum atomic E-state index is -0.162. The van der Waals surface area contributed by atoms with Crippen molar-refractivity contribution in [1.29, 1.82) is 0 Å². The summed E-state index contributed by atoms with van der Waals surface area (Å²) in [6.45, 7) is 1.45. The van der Waals surface area contributed by atoms with Gasteiger partial charge < -0.3 is 15.9 Å². The second-order valence-electron chi connectivity index (χ2n) is 2.58. The lowest BCUT2D eigenvalue weighted by Gasteiger charge is -2.09. The smallest absolute Gasteiger partial charge is 0.0706 e. The first-order valence-corrected chi connectivity index (χ1v) is 3.65. The monoisotopic (exact) mass is 168 g/mol. The normalized spacial score (nSPS) is 10.2. The van der Waals surface area contributed by atoms with Gasteiger partial charge in [0, 0.05) is 17.3 Å². The average molecular weight is 168 g/mol. The number of nitrogens with zero attached hydrogens (tertiary/aromatic N) is 1. The summed E-state index contributed by atoms with van der Waals surface area (Å²) in [5, 5.41) is 17.8. The van der Waals surface area contributed by atoms with Crippen molar-refractivity contribution in [3.05, 3.63) is 23.0 Å². The van der Waals surface area contributed by atoms with E-state index in [1.165, 1.54) is 6.20 Å². The fraction of sp³-hybridized carbons (Fsp3) is 0.375. The Kier molecular flexibility index (Phi) is 2.62. The molecule has 0 amide bonds.